The highest BCUT2D eigenvalue weighted by Gasteiger charge is 2.12. The molecule has 3 rings (SSSR count). The molecule has 6 heteroatoms. The van der Waals surface area contributed by atoms with Crippen molar-refractivity contribution in [3.05, 3.63) is 64.5 Å². The number of rotatable bonds is 3. The van der Waals surface area contributed by atoms with Gasteiger partial charge in [0, 0.05) is 5.56 Å². The van der Waals surface area contributed by atoms with E-state index in [2.05, 4.69) is 4.99 Å². The number of thiazole rings is 1. The Morgan fingerprint density at radius 1 is 1.12 bits per heavy atom. The molecule has 0 saturated heterocycles. The van der Waals surface area contributed by atoms with E-state index in [1.807, 2.05) is 43.3 Å². The molecule has 1 heterocycles. The highest BCUT2D eigenvalue weighted by atomic mass is 32.1. The Labute approximate surface area is 142 Å². The summed E-state index contributed by atoms with van der Waals surface area (Å²) in [7, 11) is 1.34. The van der Waals surface area contributed by atoms with E-state index < -0.39 is 0 Å². The number of fused-ring (bicyclic) bond motifs is 1. The molecule has 1 aromatic heterocycles. The van der Waals surface area contributed by atoms with Crippen molar-refractivity contribution in [2.75, 3.05) is 7.11 Å². The van der Waals surface area contributed by atoms with Gasteiger partial charge in [-0.2, -0.15) is 4.99 Å². The van der Waals surface area contributed by atoms with Crippen LogP contribution in [-0.4, -0.2) is 23.6 Å². The molecular formula is C18H16N2O3S. The van der Waals surface area contributed by atoms with Gasteiger partial charge in [-0.3, -0.25) is 9.59 Å². The molecule has 0 fully saturated rings. The van der Waals surface area contributed by atoms with Gasteiger partial charge >= 0.3 is 5.97 Å². The summed E-state index contributed by atoms with van der Waals surface area (Å²) in [4.78, 5) is 28.8. The largest absolute Gasteiger partial charge is 0.468 e. The van der Waals surface area contributed by atoms with Crippen LogP contribution >= 0.6 is 11.3 Å². The zero-order valence-electron chi connectivity index (χ0n) is 13.4. The number of carbonyl (C=O) groups excluding carboxylic acids is 2. The van der Waals surface area contributed by atoms with Crippen LogP contribution < -0.4 is 4.80 Å². The number of para-hydroxylation sites is 1. The maximum Gasteiger partial charge on any atom is 0.325 e. The predicted molar refractivity (Wildman–Crippen MR) is 92.9 cm³/mol. The van der Waals surface area contributed by atoms with E-state index in [1.165, 1.54) is 18.4 Å². The molecule has 3 aromatic rings. The molecule has 0 aliphatic rings. The fourth-order valence-corrected chi connectivity index (χ4v) is 3.33. The first-order chi connectivity index (χ1) is 11.6. The summed E-state index contributed by atoms with van der Waals surface area (Å²) >= 11 is 1.37. The summed E-state index contributed by atoms with van der Waals surface area (Å²) < 4.78 is 7.41. The minimum atomic E-state index is -0.386. The van der Waals surface area contributed by atoms with Crippen molar-refractivity contribution in [2.24, 2.45) is 4.99 Å². The van der Waals surface area contributed by atoms with Gasteiger partial charge in [0.05, 0.1) is 17.3 Å². The number of methoxy groups -OCH3 is 1. The van der Waals surface area contributed by atoms with Crippen LogP contribution in [0.25, 0.3) is 10.2 Å². The van der Waals surface area contributed by atoms with Crippen LogP contribution in [0.3, 0.4) is 0 Å². The van der Waals surface area contributed by atoms with Gasteiger partial charge in [-0.05, 0) is 31.2 Å². The van der Waals surface area contributed by atoms with Crippen LogP contribution in [0.15, 0.2) is 53.5 Å². The second-order valence-electron chi connectivity index (χ2n) is 5.30. The number of nitrogens with zero attached hydrogens (tertiary/aromatic N) is 2. The van der Waals surface area contributed by atoms with Crippen LogP contribution in [0.5, 0.6) is 0 Å². The van der Waals surface area contributed by atoms with Crippen LogP contribution in [0.1, 0.15) is 15.9 Å². The van der Waals surface area contributed by atoms with Crippen molar-refractivity contribution in [3.8, 4) is 0 Å². The Kier molecular flexibility index (Phi) is 4.57. The number of aromatic nitrogens is 1. The van der Waals surface area contributed by atoms with Crippen LogP contribution in [0, 0.1) is 6.92 Å². The third-order valence-corrected chi connectivity index (χ3v) is 4.66. The lowest BCUT2D eigenvalue weighted by molar-refractivity contribution is -0.141. The van der Waals surface area contributed by atoms with E-state index in [-0.39, 0.29) is 18.4 Å². The minimum absolute atomic E-state index is 0.0144. The number of benzene rings is 2. The van der Waals surface area contributed by atoms with E-state index in [0.717, 1.165) is 15.8 Å². The van der Waals surface area contributed by atoms with E-state index in [1.54, 1.807) is 16.7 Å². The Morgan fingerprint density at radius 2 is 1.83 bits per heavy atom. The second kappa shape index (κ2) is 6.80. The normalized spacial score (nSPS) is 11.7. The first-order valence-electron chi connectivity index (χ1n) is 7.39. The van der Waals surface area contributed by atoms with Crippen molar-refractivity contribution < 1.29 is 14.3 Å². The lowest BCUT2D eigenvalue weighted by atomic mass is 10.1. The predicted octanol–water partition coefficient (Wildman–Crippen LogP) is 2.93. The number of hydrogen-bond donors (Lipinski definition) is 0. The lowest BCUT2D eigenvalue weighted by Crippen LogP contribution is -2.22. The van der Waals surface area contributed by atoms with Gasteiger partial charge in [0.15, 0.2) is 4.80 Å². The summed E-state index contributed by atoms with van der Waals surface area (Å²) in [5.41, 5.74) is 2.44. The van der Waals surface area contributed by atoms with Gasteiger partial charge in [-0.1, -0.05) is 41.2 Å². The number of aryl methyl sites for hydroxylation is 1. The average Bonchev–Trinajstić information content (AvgIpc) is 2.92. The molecule has 122 valence electrons. The van der Waals surface area contributed by atoms with Crippen molar-refractivity contribution in [2.45, 2.75) is 13.5 Å². The summed E-state index contributed by atoms with van der Waals surface area (Å²) in [6.45, 7) is 1.97. The standard InChI is InChI=1S/C18H16N2O3S/c1-12-7-9-13(10-8-12)17(22)19-18-20(11-16(21)23-2)14-5-3-4-6-15(14)24-18/h3-10H,11H2,1-2H3. The van der Waals surface area contributed by atoms with Gasteiger partial charge in [0.1, 0.15) is 6.54 Å². The van der Waals surface area contributed by atoms with Crippen molar-refractivity contribution in [1.82, 2.24) is 4.57 Å². The Bertz CT molecular complexity index is 968. The first kappa shape index (κ1) is 16.1. The summed E-state index contributed by atoms with van der Waals surface area (Å²) in [5, 5.41) is 0. The quantitative estimate of drug-likeness (QED) is 0.689. The molecular weight excluding hydrogens is 324 g/mol. The second-order valence-corrected chi connectivity index (χ2v) is 6.31. The molecule has 0 unspecified atom stereocenters. The molecule has 0 spiro atoms. The summed E-state index contributed by atoms with van der Waals surface area (Å²) in [6, 6.07) is 14.9. The molecule has 24 heavy (non-hydrogen) atoms. The zero-order valence-corrected chi connectivity index (χ0v) is 14.2. The van der Waals surface area contributed by atoms with Crippen LogP contribution in [0.2, 0.25) is 0 Å². The summed E-state index contributed by atoms with van der Waals surface area (Å²) in [6.07, 6.45) is 0. The lowest BCUT2D eigenvalue weighted by Gasteiger charge is -2.03. The van der Waals surface area contributed by atoms with Gasteiger partial charge in [-0.15, -0.1) is 0 Å². The summed E-state index contributed by atoms with van der Waals surface area (Å²) in [5.74, 6) is -0.719. The molecule has 0 aliphatic carbocycles. The van der Waals surface area contributed by atoms with E-state index >= 15 is 0 Å². The fraction of sp³-hybridized carbons (Fsp3) is 0.167. The van der Waals surface area contributed by atoms with Crippen molar-refractivity contribution in [3.63, 3.8) is 0 Å². The molecule has 0 atom stereocenters. The van der Waals surface area contributed by atoms with E-state index in [0.29, 0.717) is 10.4 Å². The number of ether oxygens (including phenoxy) is 1. The van der Waals surface area contributed by atoms with Gasteiger partial charge in [0.2, 0.25) is 0 Å². The molecule has 0 aliphatic heterocycles. The Hall–Kier alpha value is -2.73. The molecule has 0 N–H and O–H groups in total. The first-order valence-corrected chi connectivity index (χ1v) is 8.21. The molecule has 0 bridgehead atoms. The number of hydrogen-bond acceptors (Lipinski definition) is 4. The molecule has 2 aromatic carbocycles. The minimum Gasteiger partial charge on any atom is -0.468 e. The van der Waals surface area contributed by atoms with E-state index in [9.17, 15) is 9.59 Å². The number of esters is 1. The maximum atomic E-state index is 12.4. The topological polar surface area (TPSA) is 60.7 Å². The monoisotopic (exact) mass is 340 g/mol. The van der Waals surface area contributed by atoms with Crippen molar-refractivity contribution in [1.29, 1.82) is 0 Å². The SMILES string of the molecule is COC(=O)Cn1c(=NC(=O)c2ccc(C)cc2)sc2ccccc21. The smallest absolute Gasteiger partial charge is 0.325 e. The highest BCUT2D eigenvalue weighted by Crippen LogP contribution is 2.17. The van der Waals surface area contributed by atoms with Crippen molar-refractivity contribution >= 4 is 33.4 Å². The third kappa shape index (κ3) is 3.28. The van der Waals surface area contributed by atoms with Crippen LogP contribution in [-0.2, 0) is 16.1 Å². The maximum absolute atomic E-state index is 12.4. The van der Waals surface area contributed by atoms with E-state index in [4.69, 9.17) is 4.74 Å². The molecule has 1 amide bonds. The fourth-order valence-electron chi connectivity index (χ4n) is 2.30. The Balaban J connectivity index is 2.10. The van der Waals surface area contributed by atoms with Gasteiger partial charge < -0.3 is 9.30 Å². The Morgan fingerprint density at radius 3 is 2.54 bits per heavy atom. The average molecular weight is 340 g/mol. The third-order valence-electron chi connectivity index (χ3n) is 3.60. The number of amides is 1. The van der Waals surface area contributed by atoms with Crippen LogP contribution in [0.4, 0.5) is 0 Å². The molecule has 0 saturated carbocycles. The molecule has 5 nitrogen and oxygen atoms in total. The number of carbonyl (C=O) groups is 2. The van der Waals surface area contributed by atoms with Gasteiger partial charge in [0.25, 0.3) is 5.91 Å². The van der Waals surface area contributed by atoms with Gasteiger partial charge in [-0.25, -0.2) is 0 Å². The zero-order chi connectivity index (χ0) is 17.1. The molecule has 0 radical (unpaired) electrons. The highest BCUT2D eigenvalue weighted by molar-refractivity contribution is 7.16.